The lowest BCUT2D eigenvalue weighted by Crippen LogP contribution is -2.10. The minimum Gasteiger partial charge on any atom is -0.310 e. The van der Waals surface area contributed by atoms with E-state index in [4.69, 9.17) is 0 Å². The summed E-state index contributed by atoms with van der Waals surface area (Å²) in [6, 6.07) is 31.9. The Morgan fingerprint density at radius 1 is 0.412 bits per heavy atom. The number of benzene rings is 3. The summed E-state index contributed by atoms with van der Waals surface area (Å²) in [5.74, 6) is 0. The average Bonchev–Trinajstić information content (AvgIpc) is 2.84. The van der Waals surface area contributed by atoms with Gasteiger partial charge in [0.2, 0.25) is 0 Å². The predicted molar refractivity (Wildman–Crippen MR) is 141 cm³/mol. The summed E-state index contributed by atoms with van der Waals surface area (Å²) in [4.78, 5) is 16.3. The van der Waals surface area contributed by atoms with Gasteiger partial charge in [-0.2, -0.15) is 0 Å². The maximum Gasteiger partial charge on any atom is 0.0706 e. The first kappa shape index (κ1) is 20.3. The van der Waals surface area contributed by atoms with E-state index in [1.165, 1.54) is 0 Å². The molecule has 3 aromatic carbocycles. The Hall–Kier alpha value is -4.31. The molecule has 164 valence electrons. The molecule has 0 spiro atoms. The van der Waals surface area contributed by atoms with Crippen molar-refractivity contribution in [3.63, 3.8) is 0 Å². The lowest BCUT2D eigenvalue weighted by molar-refractivity contribution is 1.24. The zero-order valence-electron chi connectivity index (χ0n) is 19.4. The fourth-order valence-corrected chi connectivity index (χ4v) is 4.51. The Balaban J connectivity index is 1.57. The van der Waals surface area contributed by atoms with Gasteiger partial charge in [-0.25, -0.2) is 0 Å². The highest BCUT2D eigenvalue weighted by Crippen LogP contribution is 2.38. The van der Waals surface area contributed by atoms with Crippen LogP contribution in [0.15, 0.2) is 91.0 Å². The molecule has 34 heavy (non-hydrogen) atoms. The fourth-order valence-electron chi connectivity index (χ4n) is 4.51. The standard InChI is InChI=1S/C30H24N4/c1-19-4-7-22-16-25(10-13-28(22)31-19)34(26-11-14-29-23(17-26)8-5-20(2)32-29)27-12-15-30-24(18-27)9-6-21(3)33-30/h4-18H,1-3H3. The summed E-state index contributed by atoms with van der Waals surface area (Å²) in [6.45, 7) is 6.07. The highest BCUT2D eigenvalue weighted by Gasteiger charge is 2.15. The molecular weight excluding hydrogens is 416 g/mol. The summed E-state index contributed by atoms with van der Waals surface area (Å²) in [6.07, 6.45) is 0. The molecule has 0 aliphatic heterocycles. The zero-order chi connectivity index (χ0) is 23.2. The molecular formula is C30H24N4. The van der Waals surface area contributed by atoms with Gasteiger partial charge in [0.25, 0.3) is 0 Å². The van der Waals surface area contributed by atoms with Gasteiger partial charge >= 0.3 is 0 Å². The summed E-state index contributed by atoms with van der Waals surface area (Å²) in [5.41, 5.74) is 9.30. The van der Waals surface area contributed by atoms with E-state index in [1.807, 2.05) is 20.8 Å². The van der Waals surface area contributed by atoms with Crippen molar-refractivity contribution in [2.75, 3.05) is 4.90 Å². The van der Waals surface area contributed by atoms with E-state index in [2.05, 4.69) is 111 Å². The van der Waals surface area contributed by atoms with E-state index in [-0.39, 0.29) is 0 Å². The van der Waals surface area contributed by atoms with Gasteiger partial charge in [-0.3, -0.25) is 15.0 Å². The lowest BCUT2D eigenvalue weighted by Gasteiger charge is -2.26. The number of rotatable bonds is 3. The molecule has 3 aromatic heterocycles. The minimum atomic E-state index is 1.00. The smallest absolute Gasteiger partial charge is 0.0706 e. The topological polar surface area (TPSA) is 41.9 Å². The van der Waals surface area contributed by atoms with Crippen molar-refractivity contribution in [2.45, 2.75) is 20.8 Å². The van der Waals surface area contributed by atoms with E-state index < -0.39 is 0 Å². The van der Waals surface area contributed by atoms with Crippen LogP contribution in [0.4, 0.5) is 17.1 Å². The Morgan fingerprint density at radius 2 is 0.735 bits per heavy atom. The first-order valence-corrected chi connectivity index (χ1v) is 11.5. The molecule has 0 N–H and O–H groups in total. The van der Waals surface area contributed by atoms with E-state index in [1.54, 1.807) is 0 Å². The number of anilines is 3. The third-order valence-corrected chi connectivity index (χ3v) is 6.21. The largest absolute Gasteiger partial charge is 0.310 e. The van der Waals surface area contributed by atoms with Crippen LogP contribution in [0.1, 0.15) is 17.1 Å². The number of fused-ring (bicyclic) bond motifs is 3. The fraction of sp³-hybridized carbons (Fsp3) is 0.100. The van der Waals surface area contributed by atoms with Crippen molar-refractivity contribution in [3.8, 4) is 0 Å². The van der Waals surface area contributed by atoms with Gasteiger partial charge in [0.15, 0.2) is 0 Å². The first-order chi connectivity index (χ1) is 16.5. The Bertz CT molecular complexity index is 1500. The summed E-state index contributed by atoms with van der Waals surface area (Å²) >= 11 is 0. The second-order valence-electron chi connectivity index (χ2n) is 8.82. The summed E-state index contributed by atoms with van der Waals surface area (Å²) < 4.78 is 0. The molecule has 4 nitrogen and oxygen atoms in total. The first-order valence-electron chi connectivity index (χ1n) is 11.5. The van der Waals surface area contributed by atoms with E-state index in [9.17, 15) is 0 Å². The molecule has 3 heterocycles. The molecule has 0 unspecified atom stereocenters. The van der Waals surface area contributed by atoms with E-state index in [0.29, 0.717) is 0 Å². The van der Waals surface area contributed by atoms with Crippen molar-refractivity contribution in [2.24, 2.45) is 0 Å². The van der Waals surface area contributed by atoms with Crippen LogP contribution in [0.5, 0.6) is 0 Å². The third-order valence-electron chi connectivity index (χ3n) is 6.21. The molecule has 0 bridgehead atoms. The van der Waals surface area contributed by atoms with Crippen LogP contribution in [0.2, 0.25) is 0 Å². The van der Waals surface area contributed by atoms with Crippen LogP contribution in [0.3, 0.4) is 0 Å². The number of pyridine rings is 3. The van der Waals surface area contributed by atoms with Gasteiger partial charge in [-0.05, 0) is 93.6 Å². The Labute approximate surface area is 198 Å². The molecule has 0 aliphatic carbocycles. The zero-order valence-corrected chi connectivity index (χ0v) is 19.4. The molecule has 0 radical (unpaired) electrons. The van der Waals surface area contributed by atoms with Crippen LogP contribution in [-0.4, -0.2) is 15.0 Å². The highest BCUT2D eigenvalue weighted by molar-refractivity contribution is 5.92. The van der Waals surface area contributed by atoms with Gasteiger partial charge in [0.05, 0.1) is 16.6 Å². The quantitative estimate of drug-likeness (QED) is 0.282. The van der Waals surface area contributed by atoms with Crippen LogP contribution >= 0.6 is 0 Å². The van der Waals surface area contributed by atoms with E-state index >= 15 is 0 Å². The van der Waals surface area contributed by atoms with Gasteiger partial charge in [0.1, 0.15) is 0 Å². The number of nitrogens with zero attached hydrogens (tertiary/aromatic N) is 4. The van der Waals surface area contributed by atoms with Gasteiger partial charge in [-0.1, -0.05) is 18.2 Å². The van der Waals surface area contributed by atoms with Crippen molar-refractivity contribution in [1.29, 1.82) is 0 Å². The predicted octanol–water partition coefficient (Wildman–Crippen LogP) is 7.73. The Morgan fingerprint density at radius 3 is 1.06 bits per heavy atom. The van der Waals surface area contributed by atoms with Gasteiger partial charge < -0.3 is 4.90 Å². The van der Waals surface area contributed by atoms with Gasteiger partial charge in [-0.15, -0.1) is 0 Å². The van der Waals surface area contributed by atoms with E-state index in [0.717, 1.165) is 66.9 Å². The average molecular weight is 441 g/mol. The summed E-state index contributed by atoms with van der Waals surface area (Å²) in [5, 5.41) is 3.35. The SMILES string of the molecule is Cc1ccc2cc(N(c3ccc4nc(C)ccc4c3)c3ccc4nc(C)ccc4c3)ccc2n1. The highest BCUT2D eigenvalue weighted by atomic mass is 15.1. The summed E-state index contributed by atoms with van der Waals surface area (Å²) in [7, 11) is 0. The molecule has 0 aliphatic rings. The maximum atomic E-state index is 4.68. The van der Waals surface area contributed by atoms with Crippen molar-refractivity contribution in [1.82, 2.24) is 15.0 Å². The van der Waals surface area contributed by atoms with Crippen molar-refractivity contribution in [3.05, 3.63) is 108 Å². The van der Waals surface area contributed by atoms with Crippen LogP contribution in [-0.2, 0) is 0 Å². The molecule has 6 aromatic rings. The molecule has 0 saturated carbocycles. The second kappa shape index (κ2) is 7.92. The van der Waals surface area contributed by atoms with Gasteiger partial charge in [0, 0.05) is 50.3 Å². The molecule has 0 fully saturated rings. The number of hydrogen-bond acceptors (Lipinski definition) is 4. The Kier molecular flexibility index (Phi) is 4.73. The van der Waals surface area contributed by atoms with Crippen LogP contribution in [0, 0.1) is 20.8 Å². The molecule has 4 heteroatoms. The molecule has 0 amide bonds. The monoisotopic (exact) mass is 440 g/mol. The molecule has 0 saturated heterocycles. The van der Waals surface area contributed by atoms with Crippen molar-refractivity contribution < 1.29 is 0 Å². The molecule has 6 rings (SSSR count). The minimum absolute atomic E-state index is 1.00. The number of aryl methyl sites for hydroxylation is 3. The van der Waals surface area contributed by atoms with Crippen LogP contribution in [0.25, 0.3) is 32.7 Å². The molecule has 0 atom stereocenters. The lowest BCUT2D eigenvalue weighted by atomic mass is 10.1. The van der Waals surface area contributed by atoms with Crippen molar-refractivity contribution >= 4 is 49.8 Å². The normalized spacial score (nSPS) is 11.4. The second-order valence-corrected chi connectivity index (χ2v) is 8.82. The number of aromatic nitrogens is 3. The van der Waals surface area contributed by atoms with Crippen LogP contribution < -0.4 is 4.90 Å². The number of hydrogen-bond donors (Lipinski definition) is 0. The third kappa shape index (κ3) is 3.63. The maximum absolute atomic E-state index is 4.68.